The van der Waals surface area contributed by atoms with Crippen LogP contribution in [0.5, 0.6) is 0 Å². The lowest BCUT2D eigenvalue weighted by atomic mass is 10.2. The number of carbonyl (C=O) groups excluding carboxylic acids is 1. The molecular weight excluding hydrogens is 320 g/mol. The molecule has 0 spiro atoms. The van der Waals surface area contributed by atoms with Gasteiger partial charge >= 0.3 is 0 Å². The SMILES string of the molecule is CO[C@H]1C[C@@H](Cn2ccc(N)n2)N(C(=O)c2ccc3cncn3c2)C1. The van der Waals surface area contributed by atoms with Crippen LogP contribution in [0.15, 0.2) is 43.1 Å². The van der Waals surface area contributed by atoms with Crippen LogP contribution in [0.25, 0.3) is 5.52 Å². The summed E-state index contributed by atoms with van der Waals surface area (Å²) in [7, 11) is 1.68. The molecule has 2 N–H and O–H groups in total. The summed E-state index contributed by atoms with van der Waals surface area (Å²) in [5.41, 5.74) is 7.28. The van der Waals surface area contributed by atoms with Crippen molar-refractivity contribution in [1.82, 2.24) is 24.1 Å². The molecule has 1 fully saturated rings. The molecule has 2 atom stereocenters. The molecular formula is C17H20N6O2. The fourth-order valence-corrected chi connectivity index (χ4v) is 3.37. The molecule has 25 heavy (non-hydrogen) atoms. The van der Waals surface area contributed by atoms with Crippen LogP contribution in [-0.4, -0.2) is 55.8 Å². The molecule has 0 bridgehead atoms. The summed E-state index contributed by atoms with van der Waals surface area (Å²) in [5, 5.41) is 4.23. The van der Waals surface area contributed by atoms with Crippen molar-refractivity contribution in [2.75, 3.05) is 19.4 Å². The van der Waals surface area contributed by atoms with Gasteiger partial charge in [0, 0.05) is 26.0 Å². The smallest absolute Gasteiger partial charge is 0.255 e. The Bertz CT molecular complexity index is 901. The number of nitrogen functional groups attached to an aromatic ring is 1. The van der Waals surface area contributed by atoms with Gasteiger partial charge in [0.1, 0.15) is 5.82 Å². The Morgan fingerprint density at radius 2 is 2.28 bits per heavy atom. The maximum atomic E-state index is 13.1. The third-order valence-electron chi connectivity index (χ3n) is 4.68. The molecule has 0 saturated carbocycles. The van der Waals surface area contributed by atoms with E-state index in [9.17, 15) is 4.79 Å². The van der Waals surface area contributed by atoms with Gasteiger partial charge in [-0.3, -0.25) is 9.48 Å². The van der Waals surface area contributed by atoms with Crippen LogP contribution in [-0.2, 0) is 11.3 Å². The molecule has 0 aliphatic carbocycles. The van der Waals surface area contributed by atoms with Crippen molar-refractivity contribution >= 4 is 17.2 Å². The predicted molar refractivity (Wildman–Crippen MR) is 92.1 cm³/mol. The van der Waals surface area contributed by atoms with Crippen LogP contribution in [0.4, 0.5) is 5.82 Å². The van der Waals surface area contributed by atoms with Crippen LogP contribution in [0, 0.1) is 0 Å². The molecule has 8 heteroatoms. The summed E-state index contributed by atoms with van der Waals surface area (Å²) in [6.45, 7) is 1.16. The minimum absolute atomic E-state index is 0.00948. The maximum Gasteiger partial charge on any atom is 0.255 e. The Balaban J connectivity index is 1.59. The van der Waals surface area contributed by atoms with Crippen molar-refractivity contribution in [3.63, 3.8) is 0 Å². The first kappa shape index (κ1) is 15.6. The maximum absolute atomic E-state index is 13.1. The molecule has 3 aromatic heterocycles. The van der Waals surface area contributed by atoms with E-state index < -0.39 is 0 Å². The standard InChI is InChI=1S/C17H20N6O2/c1-25-15-6-14(9-22-5-4-16(18)20-22)23(10-15)17(24)12-2-3-13-7-19-11-21(13)8-12/h2-5,7-8,11,14-15H,6,9-10H2,1H3,(H2,18,20)/t14-,15-/m0/s1. The number of fused-ring (bicyclic) bond motifs is 1. The molecule has 4 heterocycles. The van der Waals surface area contributed by atoms with Crippen LogP contribution < -0.4 is 5.73 Å². The highest BCUT2D eigenvalue weighted by molar-refractivity contribution is 5.94. The molecule has 1 amide bonds. The number of hydrogen-bond acceptors (Lipinski definition) is 5. The second-order valence-corrected chi connectivity index (χ2v) is 6.31. The highest BCUT2D eigenvalue weighted by atomic mass is 16.5. The van der Waals surface area contributed by atoms with Gasteiger partial charge in [-0.2, -0.15) is 5.10 Å². The first-order valence-electron chi connectivity index (χ1n) is 8.18. The number of likely N-dealkylation sites (tertiary alicyclic amines) is 1. The zero-order valence-corrected chi connectivity index (χ0v) is 13.9. The Kier molecular flexibility index (Phi) is 3.89. The predicted octanol–water partition coefficient (Wildman–Crippen LogP) is 1.04. The number of pyridine rings is 1. The van der Waals surface area contributed by atoms with Crippen molar-refractivity contribution in [3.8, 4) is 0 Å². The van der Waals surface area contributed by atoms with Gasteiger partial charge in [0.25, 0.3) is 5.91 Å². The molecule has 3 aromatic rings. The number of carbonyl (C=O) groups is 1. The lowest BCUT2D eigenvalue weighted by Crippen LogP contribution is -2.38. The number of nitrogens with zero attached hydrogens (tertiary/aromatic N) is 5. The van der Waals surface area contributed by atoms with Crippen molar-refractivity contribution in [2.45, 2.75) is 25.1 Å². The lowest BCUT2D eigenvalue weighted by molar-refractivity contribution is 0.0678. The number of anilines is 1. The third-order valence-corrected chi connectivity index (χ3v) is 4.68. The topological polar surface area (TPSA) is 90.7 Å². The monoisotopic (exact) mass is 340 g/mol. The number of rotatable bonds is 4. The molecule has 1 aliphatic heterocycles. The zero-order chi connectivity index (χ0) is 17.4. The Morgan fingerprint density at radius 3 is 3.04 bits per heavy atom. The summed E-state index contributed by atoms with van der Waals surface area (Å²) in [6, 6.07) is 5.49. The van der Waals surface area contributed by atoms with E-state index in [0.29, 0.717) is 24.5 Å². The molecule has 1 aliphatic rings. The fourth-order valence-electron chi connectivity index (χ4n) is 3.37. The first-order chi connectivity index (χ1) is 12.1. The quantitative estimate of drug-likeness (QED) is 0.766. The molecule has 0 unspecified atom stereocenters. The Morgan fingerprint density at radius 1 is 1.40 bits per heavy atom. The van der Waals surface area contributed by atoms with Crippen molar-refractivity contribution < 1.29 is 9.53 Å². The van der Waals surface area contributed by atoms with Crippen LogP contribution in [0.2, 0.25) is 0 Å². The molecule has 1 saturated heterocycles. The first-order valence-corrected chi connectivity index (χ1v) is 8.18. The van der Waals surface area contributed by atoms with Gasteiger partial charge in [0.15, 0.2) is 0 Å². The van der Waals surface area contributed by atoms with Gasteiger partial charge in [0.2, 0.25) is 0 Å². The minimum Gasteiger partial charge on any atom is -0.382 e. The van der Waals surface area contributed by atoms with Crippen molar-refractivity contribution in [2.24, 2.45) is 0 Å². The van der Waals surface area contributed by atoms with Crippen LogP contribution in [0.3, 0.4) is 0 Å². The molecule has 4 rings (SSSR count). The lowest BCUT2D eigenvalue weighted by Gasteiger charge is -2.24. The van der Waals surface area contributed by atoms with Crippen LogP contribution >= 0.6 is 0 Å². The largest absolute Gasteiger partial charge is 0.382 e. The number of hydrogen-bond donors (Lipinski definition) is 1. The summed E-state index contributed by atoms with van der Waals surface area (Å²) in [6.07, 6.45) is 7.89. The Labute approximate surface area is 144 Å². The number of ether oxygens (including phenoxy) is 1. The van der Waals surface area contributed by atoms with Crippen LogP contribution in [0.1, 0.15) is 16.8 Å². The Hall–Kier alpha value is -2.87. The number of imidazole rings is 1. The van der Waals surface area contributed by atoms with E-state index in [1.165, 1.54) is 0 Å². The highest BCUT2D eigenvalue weighted by Crippen LogP contribution is 2.24. The summed E-state index contributed by atoms with van der Waals surface area (Å²) in [4.78, 5) is 19.0. The van der Waals surface area contributed by atoms with Gasteiger partial charge < -0.3 is 19.8 Å². The number of aromatic nitrogens is 4. The van der Waals surface area contributed by atoms with Gasteiger partial charge in [0.05, 0.1) is 42.3 Å². The van der Waals surface area contributed by atoms with E-state index >= 15 is 0 Å². The zero-order valence-electron chi connectivity index (χ0n) is 13.9. The number of methoxy groups -OCH3 is 1. The number of nitrogens with two attached hydrogens (primary N) is 1. The van der Waals surface area contributed by atoms with Crippen molar-refractivity contribution in [1.29, 1.82) is 0 Å². The van der Waals surface area contributed by atoms with E-state index in [0.717, 1.165) is 11.9 Å². The fraction of sp³-hybridized carbons (Fsp3) is 0.353. The van der Waals surface area contributed by atoms with E-state index in [4.69, 9.17) is 10.5 Å². The van der Waals surface area contributed by atoms with Crippen molar-refractivity contribution in [3.05, 3.63) is 48.7 Å². The van der Waals surface area contributed by atoms with E-state index in [1.807, 2.05) is 33.8 Å². The van der Waals surface area contributed by atoms with Gasteiger partial charge in [-0.1, -0.05) is 0 Å². The average molecular weight is 340 g/mol. The number of amides is 1. The molecule has 0 radical (unpaired) electrons. The van der Waals surface area contributed by atoms with Gasteiger partial charge in [-0.05, 0) is 24.6 Å². The second-order valence-electron chi connectivity index (χ2n) is 6.31. The molecule has 0 aromatic carbocycles. The molecule has 8 nitrogen and oxygen atoms in total. The summed E-state index contributed by atoms with van der Waals surface area (Å²) in [5.74, 6) is 0.463. The van der Waals surface area contributed by atoms with Gasteiger partial charge in [-0.15, -0.1) is 0 Å². The minimum atomic E-state index is -0.0136. The summed E-state index contributed by atoms with van der Waals surface area (Å²) < 4.78 is 9.12. The molecule has 130 valence electrons. The van der Waals surface area contributed by atoms with E-state index in [1.54, 1.807) is 30.4 Å². The third kappa shape index (κ3) is 2.96. The van der Waals surface area contributed by atoms with Gasteiger partial charge in [-0.25, -0.2) is 4.98 Å². The average Bonchev–Trinajstić information content (AvgIpc) is 3.33. The highest BCUT2D eigenvalue weighted by Gasteiger charge is 2.36. The second kappa shape index (κ2) is 6.21. The van der Waals surface area contributed by atoms with E-state index in [2.05, 4.69) is 10.1 Å². The van der Waals surface area contributed by atoms with E-state index in [-0.39, 0.29) is 18.1 Å². The normalized spacial score (nSPS) is 20.4. The summed E-state index contributed by atoms with van der Waals surface area (Å²) >= 11 is 0.